The highest BCUT2D eigenvalue weighted by atomic mass is 32.1. The topological polar surface area (TPSA) is 68.0 Å². The van der Waals surface area contributed by atoms with Crippen LogP contribution in [-0.4, -0.2) is 17.4 Å². The quantitative estimate of drug-likeness (QED) is 0.746. The molecule has 90 valence electrons. The van der Waals surface area contributed by atoms with Gasteiger partial charge in [0.2, 0.25) is 5.91 Å². The van der Waals surface area contributed by atoms with Gasteiger partial charge in [-0.05, 0) is 32.7 Å². The molecule has 0 aliphatic carbocycles. The normalized spacial score (nSPS) is 12.4. The zero-order valence-electron chi connectivity index (χ0n) is 9.82. The number of hydrogen-bond acceptors (Lipinski definition) is 4. The predicted molar refractivity (Wildman–Crippen MR) is 66.3 cm³/mol. The molecule has 1 heterocycles. The van der Waals surface area contributed by atoms with Crippen molar-refractivity contribution < 1.29 is 4.79 Å². The smallest absolute Gasteiger partial charge is 0.217 e. The Kier molecular flexibility index (Phi) is 5.42. The highest BCUT2D eigenvalue weighted by Gasteiger charge is 2.15. The number of nitrogens with two attached hydrogens (primary N) is 1. The minimum absolute atomic E-state index is 0.00870. The van der Waals surface area contributed by atoms with E-state index in [1.54, 1.807) is 11.3 Å². The molecule has 1 rings (SSSR count). The molecular formula is C11H19N3OS. The van der Waals surface area contributed by atoms with Gasteiger partial charge in [0, 0.05) is 18.0 Å². The zero-order chi connectivity index (χ0) is 12.0. The molecule has 0 fully saturated rings. The molecule has 16 heavy (non-hydrogen) atoms. The summed E-state index contributed by atoms with van der Waals surface area (Å²) in [5, 5.41) is 3.93. The number of nitrogens with one attached hydrogen (secondary N) is 1. The number of carbonyl (C=O) groups excluding carboxylic acids is 1. The number of hydrogen-bond donors (Lipinski definition) is 2. The van der Waals surface area contributed by atoms with Crippen LogP contribution >= 0.6 is 11.3 Å². The minimum atomic E-state index is -0.00870. The first kappa shape index (κ1) is 13.1. The van der Waals surface area contributed by atoms with Crippen LogP contribution < -0.4 is 11.1 Å². The molecule has 0 aliphatic heterocycles. The summed E-state index contributed by atoms with van der Waals surface area (Å²) in [7, 11) is 0. The van der Waals surface area contributed by atoms with Crippen molar-refractivity contribution in [1.29, 1.82) is 0 Å². The number of carbonyl (C=O) groups is 1. The van der Waals surface area contributed by atoms with E-state index in [0.717, 1.165) is 24.3 Å². The van der Waals surface area contributed by atoms with Gasteiger partial charge in [-0.3, -0.25) is 4.79 Å². The number of rotatable bonds is 6. The summed E-state index contributed by atoms with van der Waals surface area (Å²) in [4.78, 5) is 16.6. The Bertz CT molecular complexity index is 338. The average molecular weight is 241 g/mol. The van der Waals surface area contributed by atoms with Crippen molar-refractivity contribution in [1.82, 2.24) is 10.3 Å². The van der Waals surface area contributed by atoms with Gasteiger partial charge >= 0.3 is 0 Å². The summed E-state index contributed by atoms with van der Waals surface area (Å²) < 4.78 is 0. The molecule has 1 aromatic heterocycles. The zero-order valence-corrected chi connectivity index (χ0v) is 10.6. The van der Waals surface area contributed by atoms with E-state index in [-0.39, 0.29) is 11.9 Å². The van der Waals surface area contributed by atoms with Gasteiger partial charge in [0.05, 0.1) is 6.04 Å². The molecule has 1 amide bonds. The van der Waals surface area contributed by atoms with E-state index >= 15 is 0 Å². The number of nitrogens with zero attached hydrogens (tertiary/aromatic N) is 1. The van der Waals surface area contributed by atoms with Crippen LogP contribution in [0, 0.1) is 6.92 Å². The van der Waals surface area contributed by atoms with Gasteiger partial charge in [0.1, 0.15) is 5.01 Å². The Morgan fingerprint density at radius 3 is 2.88 bits per heavy atom. The molecule has 0 aromatic carbocycles. The summed E-state index contributed by atoms with van der Waals surface area (Å²) in [5.74, 6) is -0.00870. The first-order chi connectivity index (χ1) is 7.63. The molecule has 3 N–H and O–H groups in total. The second-order valence-corrected chi connectivity index (χ2v) is 5.11. The predicted octanol–water partition coefficient (Wildman–Crippen LogP) is 1.76. The lowest BCUT2D eigenvalue weighted by Crippen LogP contribution is -2.26. The number of thiazole rings is 1. The summed E-state index contributed by atoms with van der Waals surface area (Å²) in [6, 6.07) is 0.0442. The Balaban J connectivity index is 2.59. The molecule has 5 heteroatoms. The number of unbranched alkanes of at least 4 members (excludes halogenated alkanes) is 1. The van der Waals surface area contributed by atoms with Crippen molar-refractivity contribution in [3.05, 3.63) is 16.1 Å². The van der Waals surface area contributed by atoms with Gasteiger partial charge in [-0.2, -0.15) is 0 Å². The Hall–Kier alpha value is -0.940. The van der Waals surface area contributed by atoms with Gasteiger partial charge < -0.3 is 11.1 Å². The van der Waals surface area contributed by atoms with Crippen LogP contribution in [0.5, 0.6) is 0 Å². The van der Waals surface area contributed by atoms with Crippen molar-refractivity contribution >= 4 is 17.2 Å². The lowest BCUT2D eigenvalue weighted by atomic mass is 10.1. The maximum Gasteiger partial charge on any atom is 0.217 e. The maximum absolute atomic E-state index is 11.1. The molecule has 0 saturated heterocycles. The first-order valence-electron chi connectivity index (χ1n) is 5.53. The van der Waals surface area contributed by atoms with E-state index in [1.807, 2.05) is 13.1 Å². The fourth-order valence-corrected chi connectivity index (χ4v) is 2.39. The van der Waals surface area contributed by atoms with Crippen molar-refractivity contribution in [2.45, 2.75) is 39.2 Å². The molecular weight excluding hydrogens is 222 g/mol. The lowest BCUT2D eigenvalue weighted by molar-refractivity contribution is -0.119. The van der Waals surface area contributed by atoms with Crippen LogP contribution in [-0.2, 0) is 4.79 Å². The van der Waals surface area contributed by atoms with Crippen LogP contribution in [0.1, 0.15) is 42.1 Å². The Morgan fingerprint density at radius 2 is 2.38 bits per heavy atom. The third kappa shape index (κ3) is 4.28. The minimum Gasteiger partial charge on any atom is -0.347 e. The second-order valence-electron chi connectivity index (χ2n) is 3.85. The van der Waals surface area contributed by atoms with Crippen molar-refractivity contribution in [2.75, 3.05) is 6.54 Å². The summed E-state index contributed by atoms with van der Waals surface area (Å²) in [6.45, 7) is 4.26. The van der Waals surface area contributed by atoms with Crippen molar-refractivity contribution in [2.24, 2.45) is 5.73 Å². The number of aryl methyl sites for hydroxylation is 1. The highest BCUT2D eigenvalue weighted by Crippen LogP contribution is 2.23. The van der Waals surface area contributed by atoms with E-state index in [0.29, 0.717) is 6.54 Å². The summed E-state index contributed by atoms with van der Waals surface area (Å²) in [5.41, 5.74) is 5.46. The number of aromatic nitrogens is 1. The first-order valence-corrected chi connectivity index (χ1v) is 6.34. The van der Waals surface area contributed by atoms with Crippen LogP contribution in [0.4, 0.5) is 0 Å². The van der Waals surface area contributed by atoms with E-state index in [2.05, 4.69) is 10.3 Å². The van der Waals surface area contributed by atoms with Gasteiger partial charge in [0.25, 0.3) is 0 Å². The molecule has 0 radical (unpaired) electrons. The van der Waals surface area contributed by atoms with E-state index in [1.165, 1.54) is 11.8 Å². The van der Waals surface area contributed by atoms with Gasteiger partial charge in [-0.25, -0.2) is 4.98 Å². The molecule has 0 spiro atoms. The van der Waals surface area contributed by atoms with Gasteiger partial charge in [0.15, 0.2) is 0 Å². The summed E-state index contributed by atoms with van der Waals surface area (Å²) in [6.07, 6.45) is 4.75. The Labute approximate surface area is 100 Å². The molecule has 0 aliphatic rings. The van der Waals surface area contributed by atoms with Crippen LogP contribution in [0.25, 0.3) is 0 Å². The largest absolute Gasteiger partial charge is 0.347 e. The fraction of sp³-hybridized carbons (Fsp3) is 0.636. The molecule has 1 unspecified atom stereocenters. The second kappa shape index (κ2) is 6.60. The average Bonchev–Trinajstić information content (AvgIpc) is 2.63. The van der Waals surface area contributed by atoms with Gasteiger partial charge in [-0.1, -0.05) is 0 Å². The van der Waals surface area contributed by atoms with Crippen molar-refractivity contribution in [3.8, 4) is 0 Å². The van der Waals surface area contributed by atoms with E-state index < -0.39 is 0 Å². The van der Waals surface area contributed by atoms with Crippen LogP contribution in [0.15, 0.2) is 6.20 Å². The monoisotopic (exact) mass is 241 g/mol. The molecule has 4 nitrogen and oxygen atoms in total. The highest BCUT2D eigenvalue weighted by molar-refractivity contribution is 7.11. The molecule has 1 atom stereocenters. The summed E-state index contributed by atoms with van der Waals surface area (Å²) >= 11 is 1.64. The standard InChI is InChI=1S/C11H19N3OS/c1-8-7-13-11(16-8)10(14-9(2)15)5-3-4-6-12/h7,10H,3-6,12H2,1-2H3,(H,14,15). The van der Waals surface area contributed by atoms with Crippen molar-refractivity contribution in [3.63, 3.8) is 0 Å². The maximum atomic E-state index is 11.1. The van der Waals surface area contributed by atoms with E-state index in [4.69, 9.17) is 5.73 Å². The molecule has 1 aromatic rings. The van der Waals surface area contributed by atoms with E-state index in [9.17, 15) is 4.79 Å². The molecule has 0 bridgehead atoms. The third-order valence-electron chi connectivity index (χ3n) is 2.26. The fourth-order valence-electron chi connectivity index (χ4n) is 1.53. The molecule has 0 saturated carbocycles. The van der Waals surface area contributed by atoms with Crippen LogP contribution in [0.2, 0.25) is 0 Å². The third-order valence-corrected chi connectivity index (χ3v) is 3.29. The Morgan fingerprint density at radius 1 is 1.62 bits per heavy atom. The lowest BCUT2D eigenvalue weighted by Gasteiger charge is -2.14. The number of amides is 1. The van der Waals surface area contributed by atoms with Gasteiger partial charge in [-0.15, -0.1) is 11.3 Å². The SMILES string of the molecule is CC(=O)NC(CCCCN)c1ncc(C)s1. The van der Waals surface area contributed by atoms with Crippen LogP contribution in [0.3, 0.4) is 0 Å².